The lowest BCUT2D eigenvalue weighted by molar-refractivity contribution is -0.128. The molecule has 0 saturated heterocycles. The summed E-state index contributed by atoms with van der Waals surface area (Å²) in [5.74, 6) is 0.571. The smallest absolute Gasteiger partial charge is 0.245 e. The van der Waals surface area contributed by atoms with Crippen molar-refractivity contribution in [1.29, 1.82) is 0 Å². The van der Waals surface area contributed by atoms with Gasteiger partial charge in [-0.05, 0) is 44.1 Å². The first kappa shape index (κ1) is 38.5. The van der Waals surface area contributed by atoms with Crippen LogP contribution in [0.25, 0.3) is 0 Å². The van der Waals surface area contributed by atoms with Gasteiger partial charge >= 0.3 is 0 Å². The number of thioether (sulfide) groups is 1. The Labute approximate surface area is 244 Å². The maximum atomic E-state index is 12.5. The number of nitrogens with zero attached hydrogens (tertiary/aromatic N) is 2. The van der Waals surface area contributed by atoms with Gasteiger partial charge in [0, 0.05) is 11.8 Å². The highest BCUT2D eigenvalue weighted by molar-refractivity contribution is 8.13. The molecule has 0 fully saturated rings. The normalized spacial score (nSPS) is 13.5. The summed E-state index contributed by atoms with van der Waals surface area (Å²) in [5, 5.41) is 8.98. The molecule has 1 heterocycles. The number of nitrogens with one attached hydrogen (secondary N) is 2. The molecule has 2 amide bonds. The summed E-state index contributed by atoms with van der Waals surface area (Å²) in [4.78, 5) is 45.6. The van der Waals surface area contributed by atoms with Gasteiger partial charge in [0.05, 0.1) is 12.6 Å². The number of aromatic nitrogens is 1. The largest absolute Gasteiger partial charge is 0.350 e. The maximum absolute atomic E-state index is 12.5. The number of allylic oxidation sites excluding steroid dienone is 2. The fourth-order valence-electron chi connectivity index (χ4n) is 2.97. The molecule has 0 aliphatic rings. The van der Waals surface area contributed by atoms with E-state index in [1.165, 1.54) is 36.4 Å². The van der Waals surface area contributed by atoms with Crippen molar-refractivity contribution in [2.24, 2.45) is 16.8 Å². The second-order valence-corrected chi connectivity index (χ2v) is 11.1. The van der Waals surface area contributed by atoms with Gasteiger partial charge < -0.3 is 10.6 Å². The lowest BCUT2D eigenvalue weighted by Gasteiger charge is -2.20. The van der Waals surface area contributed by atoms with Crippen LogP contribution >= 0.6 is 35.7 Å². The average molecular weight is 587 g/mol. The van der Waals surface area contributed by atoms with Gasteiger partial charge in [0.15, 0.2) is 5.78 Å². The quantitative estimate of drug-likeness (QED) is 0.109. The zero-order valence-electron chi connectivity index (χ0n) is 25.0. The predicted octanol–water partition coefficient (Wildman–Crippen LogP) is 6.33. The van der Waals surface area contributed by atoms with E-state index >= 15 is 0 Å². The topological polar surface area (TPSA) is 101 Å². The number of rotatable bonds is 13. The minimum Gasteiger partial charge on any atom is -0.350 e. The van der Waals surface area contributed by atoms with Crippen LogP contribution in [0.15, 0.2) is 22.5 Å². The molecule has 10 heteroatoms. The number of thiazole rings is 1. The first-order chi connectivity index (χ1) is 18.0. The zero-order chi connectivity index (χ0) is 29.7. The Balaban J connectivity index is 0. The van der Waals surface area contributed by atoms with E-state index in [2.05, 4.69) is 47.1 Å². The van der Waals surface area contributed by atoms with Gasteiger partial charge in [-0.2, -0.15) is 12.6 Å². The first-order valence-electron chi connectivity index (χ1n) is 13.4. The fourth-order valence-corrected chi connectivity index (χ4v) is 4.49. The van der Waals surface area contributed by atoms with Crippen LogP contribution in [0, 0.1) is 11.8 Å². The number of amides is 2. The lowest BCUT2D eigenvalue weighted by Crippen LogP contribution is -2.46. The summed E-state index contributed by atoms with van der Waals surface area (Å²) in [6.07, 6.45) is 8.52. The Kier molecular flexibility index (Phi) is 23.6. The molecule has 3 atom stereocenters. The summed E-state index contributed by atoms with van der Waals surface area (Å²) in [6, 6.07) is -1.18. The Morgan fingerprint density at radius 3 is 2.29 bits per heavy atom. The highest BCUT2D eigenvalue weighted by Crippen LogP contribution is 2.17. The van der Waals surface area contributed by atoms with Crippen molar-refractivity contribution in [3.63, 3.8) is 0 Å². The highest BCUT2D eigenvalue weighted by Gasteiger charge is 2.24. The number of carbonyl (C=O) groups excluding carboxylic acids is 3. The minimum absolute atomic E-state index is 0.00556. The van der Waals surface area contributed by atoms with Gasteiger partial charge in [-0.15, -0.1) is 23.1 Å². The Bertz CT molecular complexity index is 869. The van der Waals surface area contributed by atoms with Crippen LogP contribution in [0.3, 0.4) is 0 Å². The number of aliphatic imine (C=N–C) groups is 1. The molecule has 218 valence electrons. The Morgan fingerprint density at radius 1 is 1.18 bits per heavy atom. The van der Waals surface area contributed by atoms with E-state index in [9.17, 15) is 14.4 Å². The van der Waals surface area contributed by atoms with Crippen molar-refractivity contribution < 1.29 is 14.4 Å². The van der Waals surface area contributed by atoms with Crippen molar-refractivity contribution in [2.45, 2.75) is 100 Å². The van der Waals surface area contributed by atoms with Crippen LogP contribution in [-0.2, 0) is 20.9 Å². The first-order valence-corrected chi connectivity index (χ1v) is 16.2. The molecular weight excluding hydrogens is 537 g/mol. The zero-order valence-corrected chi connectivity index (χ0v) is 27.5. The van der Waals surface area contributed by atoms with E-state index in [4.69, 9.17) is 0 Å². The molecule has 38 heavy (non-hydrogen) atoms. The third kappa shape index (κ3) is 17.0. The van der Waals surface area contributed by atoms with Crippen LogP contribution in [0.5, 0.6) is 0 Å². The number of ketones is 1. The van der Waals surface area contributed by atoms with E-state index < -0.39 is 12.1 Å². The molecule has 2 N–H and O–H groups in total. The molecule has 0 aliphatic heterocycles. The number of Topliss-reactive ketones (excluding diaryl/α,β-unsaturated/α-hetero) is 1. The van der Waals surface area contributed by atoms with Crippen molar-refractivity contribution in [3.05, 3.63) is 28.2 Å². The van der Waals surface area contributed by atoms with Gasteiger partial charge in [-0.25, -0.2) is 4.98 Å². The number of carbonyl (C=O) groups is 3. The summed E-state index contributed by atoms with van der Waals surface area (Å²) in [5.41, 5.74) is 0.673. The molecule has 0 radical (unpaired) electrons. The predicted molar refractivity (Wildman–Crippen MR) is 170 cm³/mol. The average Bonchev–Trinajstić information content (AvgIpc) is 3.34. The van der Waals surface area contributed by atoms with Crippen molar-refractivity contribution in [1.82, 2.24) is 15.6 Å². The van der Waals surface area contributed by atoms with E-state index in [1.807, 2.05) is 58.4 Å². The van der Waals surface area contributed by atoms with Crippen LogP contribution in [0.1, 0.15) is 92.3 Å². The van der Waals surface area contributed by atoms with Gasteiger partial charge in [0.25, 0.3) is 0 Å². The molecular formula is C28H50N4O3S3. The second kappa shape index (κ2) is 23.3. The number of hydrogen-bond acceptors (Lipinski definition) is 8. The lowest BCUT2D eigenvalue weighted by atomic mass is 10.0. The molecule has 7 nitrogen and oxygen atoms in total. The number of thiol groups is 1. The number of hydrogen-bond donors (Lipinski definition) is 3. The SMILES string of the molecule is CC.CCC.CSC(=N[C@H](C)C(=O)NC(C(C)=O)C(C)C)c1csc(CNC(=O)C[C@H](C)/C=C/CCS)n1. The van der Waals surface area contributed by atoms with E-state index in [1.54, 1.807) is 6.92 Å². The molecule has 1 aromatic rings. The standard InChI is InChI=1S/C23H36N4O3S3.C3H8.C2H6/c1-14(2)21(17(5)28)27-22(30)16(4)25-23(32-6)18-13-33-20(26-18)12-24-19(29)11-15(3)9-7-8-10-31;1-3-2;1-2/h7,9,13-16,21,31H,8,10-12H2,1-6H3,(H,24,29)(H,27,30);3H2,1-2H3;1-2H3/b9-7+,25-23?;;/t15-,16-,21?;;/m1../s1. The Hall–Kier alpha value is -1.65. The van der Waals surface area contributed by atoms with Gasteiger partial charge in [0.1, 0.15) is 21.8 Å². The third-order valence-corrected chi connectivity index (χ3v) is 6.57. The summed E-state index contributed by atoms with van der Waals surface area (Å²) < 4.78 is 0. The molecule has 0 spiro atoms. The van der Waals surface area contributed by atoms with E-state index in [-0.39, 0.29) is 29.4 Å². The molecule has 0 aliphatic carbocycles. The molecule has 1 rings (SSSR count). The van der Waals surface area contributed by atoms with Gasteiger partial charge in [-0.1, -0.05) is 67.0 Å². The Morgan fingerprint density at radius 2 is 1.79 bits per heavy atom. The molecule has 0 bridgehead atoms. The fraction of sp³-hybridized carbons (Fsp3) is 0.679. The van der Waals surface area contributed by atoms with Crippen molar-refractivity contribution >= 4 is 58.4 Å². The third-order valence-electron chi connectivity index (χ3n) is 4.76. The summed E-state index contributed by atoms with van der Waals surface area (Å²) in [6.45, 7) is 17.6. The molecule has 0 saturated carbocycles. The van der Waals surface area contributed by atoms with Crippen LogP contribution in [-0.4, -0.2) is 51.7 Å². The second-order valence-electron chi connectivity index (χ2n) is 8.89. The minimum atomic E-state index is -0.657. The summed E-state index contributed by atoms with van der Waals surface area (Å²) >= 11 is 7.01. The van der Waals surface area contributed by atoms with Crippen molar-refractivity contribution in [3.8, 4) is 0 Å². The molecule has 1 unspecified atom stereocenters. The van der Waals surface area contributed by atoms with Crippen LogP contribution in [0.2, 0.25) is 0 Å². The van der Waals surface area contributed by atoms with Crippen molar-refractivity contribution in [2.75, 3.05) is 12.0 Å². The van der Waals surface area contributed by atoms with E-state index in [0.29, 0.717) is 23.7 Å². The van der Waals surface area contributed by atoms with Gasteiger partial charge in [0.2, 0.25) is 11.8 Å². The monoisotopic (exact) mass is 586 g/mol. The molecule has 0 aromatic carbocycles. The summed E-state index contributed by atoms with van der Waals surface area (Å²) in [7, 11) is 0. The van der Waals surface area contributed by atoms with Crippen LogP contribution < -0.4 is 10.6 Å². The van der Waals surface area contributed by atoms with E-state index in [0.717, 1.165) is 17.2 Å². The molecule has 1 aromatic heterocycles. The highest BCUT2D eigenvalue weighted by atomic mass is 32.2. The maximum Gasteiger partial charge on any atom is 0.245 e. The van der Waals surface area contributed by atoms with Crippen LogP contribution in [0.4, 0.5) is 0 Å². The van der Waals surface area contributed by atoms with Gasteiger partial charge in [-0.3, -0.25) is 19.4 Å².